The zero-order valence-electron chi connectivity index (χ0n) is 10.3. The lowest BCUT2D eigenvalue weighted by molar-refractivity contribution is 0.901. The average molecular weight is 268 g/mol. The molecule has 2 N–H and O–H groups in total. The summed E-state index contributed by atoms with van der Waals surface area (Å²) in [4.78, 5) is 4.77. The Hall–Kier alpha value is -2.01. The van der Waals surface area contributed by atoms with Crippen LogP contribution in [0.25, 0.3) is 21.5 Å². The van der Waals surface area contributed by atoms with Crippen molar-refractivity contribution in [1.29, 1.82) is 0 Å². The summed E-state index contributed by atoms with van der Waals surface area (Å²) in [7, 11) is 0. The molecule has 0 radical (unpaired) electrons. The Labute approximate surface area is 114 Å². The number of anilines is 1. The molecule has 0 unspecified atom stereocenters. The third kappa shape index (κ3) is 1.62. The molecule has 1 aliphatic rings. The Morgan fingerprint density at radius 1 is 1.11 bits per heavy atom. The maximum absolute atomic E-state index is 5.73. The Bertz CT molecular complexity index is 778. The Kier molecular flexibility index (Phi) is 2.29. The van der Waals surface area contributed by atoms with Crippen LogP contribution in [-0.4, -0.2) is 15.2 Å². The van der Waals surface area contributed by atoms with Crippen molar-refractivity contribution in [3.05, 3.63) is 35.5 Å². The molecule has 5 heteroatoms. The molecule has 2 heterocycles. The molecule has 4 rings (SSSR count). The van der Waals surface area contributed by atoms with Crippen molar-refractivity contribution >= 4 is 27.4 Å². The van der Waals surface area contributed by atoms with Gasteiger partial charge in [-0.05, 0) is 30.9 Å². The van der Waals surface area contributed by atoms with Crippen LogP contribution in [0.1, 0.15) is 17.7 Å². The molecule has 19 heavy (non-hydrogen) atoms. The fraction of sp³-hybridized carbons (Fsp3) is 0.214. The summed E-state index contributed by atoms with van der Waals surface area (Å²) in [6.07, 6.45) is 3.30. The number of aryl methyl sites for hydroxylation is 1. The van der Waals surface area contributed by atoms with E-state index in [9.17, 15) is 0 Å². The van der Waals surface area contributed by atoms with Crippen LogP contribution < -0.4 is 5.73 Å². The van der Waals surface area contributed by atoms with Gasteiger partial charge in [-0.3, -0.25) is 4.98 Å². The summed E-state index contributed by atoms with van der Waals surface area (Å²) in [6, 6.07) is 8.23. The first-order chi connectivity index (χ1) is 9.33. The molecule has 1 aliphatic carbocycles. The highest BCUT2D eigenvalue weighted by molar-refractivity contribution is 7.18. The summed E-state index contributed by atoms with van der Waals surface area (Å²) >= 11 is 1.45. The molecule has 0 amide bonds. The SMILES string of the molecule is Nc1nnc(-c2c3c(nc4ccccc24)CCC3)s1. The summed E-state index contributed by atoms with van der Waals surface area (Å²) in [5.41, 5.74) is 10.5. The van der Waals surface area contributed by atoms with Crippen molar-refractivity contribution in [1.82, 2.24) is 15.2 Å². The fourth-order valence-corrected chi connectivity index (χ4v) is 3.49. The largest absolute Gasteiger partial charge is 0.374 e. The van der Waals surface area contributed by atoms with Crippen LogP contribution in [0.4, 0.5) is 5.13 Å². The van der Waals surface area contributed by atoms with Gasteiger partial charge in [0.15, 0.2) is 5.01 Å². The van der Waals surface area contributed by atoms with E-state index in [1.807, 2.05) is 12.1 Å². The lowest BCUT2D eigenvalue weighted by Crippen LogP contribution is -1.95. The third-order valence-corrected chi connectivity index (χ3v) is 4.34. The number of nitrogens with two attached hydrogens (primary N) is 1. The minimum atomic E-state index is 0.516. The fourth-order valence-electron chi connectivity index (χ4n) is 2.79. The minimum Gasteiger partial charge on any atom is -0.374 e. The monoisotopic (exact) mass is 268 g/mol. The van der Waals surface area contributed by atoms with E-state index in [1.165, 1.54) is 34.6 Å². The molecule has 0 fully saturated rings. The summed E-state index contributed by atoms with van der Waals surface area (Å²) in [6.45, 7) is 0. The molecule has 0 spiro atoms. The number of nitrogen functional groups attached to an aromatic ring is 1. The number of hydrogen-bond acceptors (Lipinski definition) is 5. The molecule has 1 aromatic carbocycles. The summed E-state index contributed by atoms with van der Waals surface area (Å²) < 4.78 is 0. The van der Waals surface area contributed by atoms with Gasteiger partial charge in [-0.25, -0.2) is 0 Å². The quantitative estimate of drug-likeness (QED) is 0.737. The molecule has 0 saturated carbocycles. The zero-order valence-corrected chi connectivity index (χ0v) is 11.1. The second-order valence-electron chi connectivity index (χ2n) is 4.73. The standard InChI is InChI=1S/C14H12N4S/c15-14-18-17-13(19-14)12-8-4-1-2-6-10(8)16-11-7-3-5-9(11)12/h1-2,4,6H,3,5,7H2,(H2,15,18). The first-order valence-electron chi connectivity index (χ1n) is 6.33. The van der Waals surface area contributed by atoms with Crippen LogP contribution in [-0.2, 0) is 12.8 Å². The third-order valence-electron chi connectivity index (χ3n) is 3.57. The molecule has 0 atom stereocenters. The molecule has 94 valence electrons. The zero-order chi connectivity index (χ0) is 12.8. The van der Waals surface area contributed by atoms with Crippen LogP contribution in [0.2, 0.25) is 0 Å². The maximum atomic E-state index is 5.73. The Morgan fingerprint density at radius 2 is 2.00 bits per heavy atom. The summed E-state index contributed by atoms with van der Waals surface area (Å²) in [5.74, 6) is 0. The van der Waals surface area contributed by atoms with Gasteiger partial charge in [0.05, 0.1) is 5.52 Å². The first kappa shape index (κ1) is 10.9. The molecular formula is C14H12N4S. The molecule has 2 aromatic heterocycles. The van der Waals surface area contributed by atoms with Gasteiger partial charge in [-0.15, -0.1) is 10.2 Å². The number of benzene rings is 1. The number of pyridine rings is 1. The number of aromatic nitrogens is 3. The number of para-hydroxylation sites is 1. The van der Waals surface area contributed by atoms with E-state index in [4.69, 9.17) is 10.7 Å². The van der Waals surface area contributed by atoms with Crippen LogP contribution in [0.15, 0.2) is 24.3 Å². The minimum absolute atomic E-state index is 0.516. The Morgan fingerprint density at radius 3 is 2.84 bits per heavy atom. The van der Waals surface area contributed by atoms with E-state index in [-0.39, 0.29) is 0 Å². The predicted octanol–water partition coefficient (Wildman–Crippen LogP) is 2.82. The number of nitrogens with zero attached hydrogens (tertiary/aromatic N) is 3. The van der Waals surface area contributed by atoms with Gasteiger partial charge >= 0.3 is 0 Å². The van der Waals surface area contributed by atoms with Gasteiger partial charge in [-0.1, -0.05) is 29.5 Å². The van der Waals surface area contributed by atoms with E-state index in [0.29, 0.717) is 5.13 Å². The van der Waals surface area contributed by atoms with Gasteiger partial charge in [0.2, 0.25) is 5.13 Å². The second-order valence-corrected chi connectivity index (χ2v) is 5.74. The number of rotatable bonds is 1. The van der Waals surface area contributed by atoms with Crippen LogP contribution in [0, 0.1) is 0 Å². The molecule has 0 aliphatic heterocycles. The highest BCUT2D eigenvalue weighted by Crippen LogP contribution is 2.38. The van der Waals surface area contributed by atoms with Crippen molar-refractivity contribution in [3.8, 4) is 10.6 Å². The van der Waals surface area contributed by atoms with Crippen LogP contribution in [0.3, 0.4) is 0 Å². The van der Waals surface area contributed by atoms with E-state index in [2.05, 4.69) is 22.3 Å². The first-order valence-corrected chi connectivity index (χ1v) is 7.14. The van der Waals surface area contributed by atoms with E-state index in [0.717, 1.165) is 28.8 Å². The highest BCUT2D eigenvalue weighted by atomic mass is 32.1. The van der Waals surface area contributed by atoms with Crippen LogP contribution in [0.5, 0.6) is 0 Å². The van der Waals surface area contributed by atoms with Crippen molar-refractivity contribution in [2.45, 2.75) is 19.3 Å². The van der Waals surface area contributed by atoms with Gasteiger partial charge in [0.1, 0.15) is 0 Å². The smallest absolute Gasteiger partial charge is 0.203 e. The lowest BCUT2D eigenvalue weighted by Gasteiger charge is -2.09. The van der Waals surface area contributed by atoms with Crippen molar-refractivity contribution in [3.63, 3.8) is 0 Å². The molecule has 3 aromatic rings. The van der Waals surface area contributed by atoms with E-state index in [1.54, 1.807) is 0 Å². The van der Waals surface area contributed by atoms with Gasteiger partial charge in [0, 0.05) is 16.6 Å². The van der Waals surface area contributed by atoms with Crippen LogP contribution >= 0.6 is 11.3 Å². The van der Waals surface area contributed by atoms with Gasteiger partial charge in [0.25, 0.3) is 0 Å². The number of fused-ring (bicyclic) bond motifs is 2. The normalized spacial score (nSPS) is 13.9. The highest BCUT2D eigenvalue weighted by Gasteiger charge is 2.22. The summed E-state index contributed by atoms with van der Waals surface area (Å²) in [5, 5.41) is 10.8. The van der Waals surface area contributed by atoms with Gasteiger partial charge in [-0.2, -0.15) is 0 Å². The Balaban J connectivity index is 2.12. The van der Waals surface area contributed by atoms with Gasteiger partial charge < -0.3 is 5.73 Å². The predicted molar refractivity (Wildman–Crippen MR) is 77.1 cm³/mol. The van der Waals surface area contributed by atoms with Crippen molar-refractivity contribution in [2.75, 3.05) is 5.73 Å². The molecule has 0 saturated heterocycles. The number of hydrogen-bond donors (Lipinski definition) is 1. The molecule has 4 nitrogen and oxygen atoms in total. The molecular weight excluding hydrogens is 256 g/mol. The van der Waals surface area contributed by atoms with E-state index < -0.39 is 0 Å². The van der Waals surface area contributed by atoms with Crippen molar-refractivity contribution < 1.29 is 0 Å². The lowest BCUT2D eigenvalue weighted by atomic mass is 10.0. The topological polar surface area (TPSA) is 64.7 Å². The second kappa shape index (κ2) is 3.99. The van der Waals surface area contributed by atoms with Crippen molar-refractivity contribution in [2.24, 2.45) is 0 Å². The maximum Gasteiger partial charge on any atom is 0.203 e. The molecule has 0 bridgehead atoms. The average Bonchev–Trinajstić information content (AvgIpc) is 3.04. The van der Waals surface area contributed by atoms with E-state index >= 15 is 0 Å².